The van der Waals surface area contributed by atoms with E-state index in [0.29, 0.717) is 6.42 Å². The molecule has 0 fully saturated rings. The molecule has 5 atom stereocenters. The number of benzene rings is 1. The van der Waals surface area contributed by atoms with Crippen molar-refractivity contribution in [3.05, 3.63) is 47.4 Å². The number of hydrogen-bond acceptors (Lipinski definition) is 11. The minimum atomic E-state index is -3.62. The van der Waals surface area contributed by atoms with Gasteiger partial charge in [0.2, 0.25) is 11.8 Å². The molecule has 13 nitrogen and oxygen atoms in total. The van der Waals surface area contributed by atoms with Crippen molar-refractivity contribution in [3.8, 4) is 0 Å². The van der Waals surface area contributed by atoms with Crippen molar-refractivity contribution in [2.24, 2.45) is 23.7 Å². The Morgan fingerprint density at radius 3 is 1.83 bits per heavy atom. The second kappa shape index (κ2) is 21.7. The van der Waals surface area contributed by atoms with Crippen LogP contribution in [0.1, 0.15) is 113 Å². The summed E-state index contributed by atoms with van der Waals surface area (Å²) >= 11 is 0. The molecule has 2 amide bonds. The van der Waals surface area contributed by atoms with Crippen molar-refractivity contribution < 1.29 is 51.4 Å². The number of ether oxygens (including phenoxy) is 3. The van der Waals surface area contributed by atoms with Gasteiger partial charge in [0.05, 0.1) is 30.8 Å². The molecule has 0 bridgehead atoms. The largest absolute Gasteiger partial charge is 0.461 e. The maximum atomic E-state index is 14.1. The van der Waals surface area contributed by atoms with Gasteiger partial charge < -0.3 is 24.8 Å². The predicted molar refractivity (Wildman–Crippen MR) is 205 cm³/mol. The lowest BCUT2D eigenvalue weighted by Crippen LogP contribution is -2.48. The number of amides is 2. The average molecular weight is 779 g/mol. The van der Waals surface area contributed by atoms with E-state index in [1.165, 1.54) is 6.08 Å². The molecule has 0 saturated carbocycles. The third-order valence-corrected chi connectivity index (χ3v) is 8.97. The fraction of sp³-hybridized carbons (Fsp3) is 0.650. The van der Waals surface area contributed by atoms with Gasteiger partial charge in [-0.05, 0) is 65.4 Å². The van der Waals surface area contributed by atoms with E-state index in [-0.39, 0.29) is 50.5 Å². The molecule has 0 aliphatic heterocycles. The normalized spacial score (nSPS) is 15.0. The molecule has 0 spiro atoms. The molecule has 2 N–H and O–H groups in total. The van der Waals surface area contributed by atoms with E-state index < -0.39 is 80.5 Å². The van der Waals surface area contributed by atoms with Gasteiger partial charge in [0, 0.05) is 30.4 Å². The smallest absolute Gasteiger partial charge is 0.308 e. The van der Waals surface area contributed by atoms with Crippen LogP contribution in [0.2, 0.25) is 0 Å². The third-order valence-electron chi connectivity index (χ3n) is 8.31. The molecule has 0 radical (unpaired) electrons. The van der Waals surface area contributed by atoms with Gasteiger partial charge in [0.15, 0.2) is 15.6 Å². The van der Waals surface area contributed by atoms with E-state index in [4.69, 9.17) is 14.2 Å². The first-order chi connectivity index (χ1) is 24.8. The monoisotopic (exact) mass is 778 g/mol. The van der Waals surface area contributed by atoms with Crippen molar-refractivity contribution in [3.63, 3.8) is 0 Å². The molecule has 14 heteroatoms. The molecule has 0 aliphatic rings. The summed E-state index contributed by atoms with van der Waals surface area (Å²) in [6, 6.07) is 6.80. The van der Waals surface area contributed by atoms with Gasteiger partial charge >= 0.3 is 17.9 Å². The van der Waals surface area contributed by atoms with Crippen molar-refractivity contribution in [2.45, 2.75) is 138 Å². The van der Waals surface area contributed by atoms with Crippen molar-refractivity contribution in [2.75, 3.05) is 6.26 Å². The zero-order chi connectivity index (χ0) is 41.4. The minimum Gasteiger partial charge on any atom is -0.461 e. The van der Waals surface area contributed by atoms with Crippen LogP contribution in [0.5, 0.6) is 0 Å². The van der Waals surface area contributed by atoms with Gasteiger partial charge in [-0.1, -0.05) is 70.5 Å². The molecule has 1 unspecified atom stereocenters. The highest BCUT2D eigenvalue weighted by Gasteiger charge is 2.35. The Hall–Kier alpha value is -4.07. The number of ketones is 1. The first-order valence-corrected chi connectivity index (χ1v) is 20.4. The number of esters is 3. The quantitative estimate of drug-likeness (QED) is 0.120. The van der Waals surface area contributed by atoms with Crippen LogP contribution in [0.15, 0.2) is 41.8 Å². The van der Waals surface area contributed by atoms with E-state index in [0.717, 1.165) is 17.2 Å². The first kappa shape index (κ1) is 48.0. The Morgan fingerprint density at radius 2 is 1.31 bits per heavy atom. The molecule has 1 aromatic carbocycles. The molecule has 0 heterocycles. The second-order valence-electron chi connectivity index (χ2n) is 16.1. The van der Waals surface area contributed by atoms with Crippen molar-refractivity contribution >= 4 is 45.3 Å². The fourth-order valence-corrected chi connectivity index (χ4v) is 5.78. The summed E-state index contributed by atoms with van der Waals surface area (Å²) in [5, 5.41) is 6.34. The number of nitrogens with one attached hydrogen (secondary N) is 2. The summed E-state index contributed by atoms with van der Waals surface area (Å²) in [6.45, 7) is 17.3. The van der Waals surface area contributed by atoms with E-state index in [9.17, 15) is 37.2 Å². The van der Waals surface area contributed by atoms with Crippen LogP contribution in [0, 0.1) is 23.7 Å². The Bertz CT molecular complexity index is 1560. The number of carbonyl (C=O) groups is 6. The summed E-state index contributed by atoms with van der Waals surface area (Å²) in [4.78, 5) is 79.8. The summed E-state index contributed by atoms with van der Waals surface area (Å²) < 4.78 is 40.0. The lowest BCUT2D eigenvalue weighted by molar-refractivity contribution is -0.156. The fourth-order valence-electron chi connectivity index (χ4n) is 5.31. The highest BCUT2D eigenvalue weighted by atomic mass is 32.2. The number of rotatable bonds is 21. The highest BCUT2D eigenvalue weighted by Crippen LogP contribution is 2.24. The van der Waals surface area contributed by atoms with Gasteiger partial charge in [-0.2, -0.15) is 0 Å². The van der Waals surface area contributed by atoms with Crippen LogP contribution in [0.3, 0.4) is 0 Å². The molecule has 54 heavy (non-hydrogen) atoms. The van der Waals surface area contributed by atoms with Crippen LogP contribution in [0.4, 0.5) is 0 Å². The Morgan fingerprint density at radius 1 is 0.759 bits per heavy atom. The van der Waals surface area contributed by atoms with Crippen LogP contribution in [-0.4, -0.2) is 73.5 Å². The number of Topliss-reactive ketones (excluding diaryl/α,β-unsaturated/α-hetero) is 1. The lowest BCUT2D eigenvalue weighted by Gasteiger charge is -2.28. The van der Waals surface area contributed by atoms with Crippen molar-refractivity contribution in [1.29, 1.82) is 0 Å². The second-order valence-corrected chi connectivity index (χ2v) is 18.0. The average Bonchev–Trinajstić information content (AvgIpc) is 3.03. The molecule has 304 valence electrons. The SMILES string of the molecule is CCC(C)[C@H](CC(=O)[C@H](CCC(=O)OC(C)(C)C)NC(=O)[C@@H](CC(=O)OCc1ccccc1)C(C)C)C(=O)N[C@H](/C=C/S(C)(=O)=O)CC(=O)OC(C)(C)C. The van der Waals surface area contributed by atoms with Crippen LogP contribution >= 0.6 is 0 Å². The van der Waals surface area contributed by atoms with Gasteiger partial charge in [-0.25, -0.2) is 8.42 Å². The van der Waals surface area contributed by atoms with E-state index in [1.807, 2.05) is 25.1 Å². The van der Waals surface area contributed by atoms with E-state index in [2.05, 4.69) is 10.6 Å². The van der Waals surface area contributed by atoms with Crippen molar-refractivity contribution in [1.82, 2.24) is 10.6 Å². The summed E-state index contributed by atoms with van der Waals surface area (Å²) in [7, 11) is -3.62. The predicted octanol–water partition coefficient (Wildman–Crippen LogP) is 5.40. The molecule has 1 aromatic rings. The number of hydrogen-bond donors (Lipinski definition) is 2. The molecular formula is C40H62N2O11S. The van der Waals surface area contributed by atoms with Gasteiger partial charge in [0.1, 0.15) is 17.8 Å². The van der Waals surface area contributed by atoms with E-state index >= 15 is 0 Å². The topological polar surface area (TPSA) is 188 Å². The number of carbonyl (C=O) groups excluding carboxylic acids is 6. The zero-order valence-electron chi connectivity index (χ0n) is 33.9. The molecule has 0 aromatic heterocycles. The summed E-state index contributed by atoms with van der Waals surface area (Å²) in [6.07, 6.45) is 1.34. The third kappa shape index (κ3) is 20.4. The molecule has 0 aliphatic carbocycles. The highest BCUT2D eigenvalue weighted by molar-refractivity contribution is 7.93. The Labute approximate surface area is 321 Å². The zero-order valence-corrected chi connectivity index (χ0v) is 34.7. The van der Waals surface area contributed by atoms with Gasteiger partial charge in [0.25, 0.3) is 0 Å². The van der Waals surface area contributed by atoms with E-state index in [1.54, 1.807) is 74.4 Å². The molecular weight excluding hydrogens is 717 g/mol. The van der Waals surface area contributed by atoms with Gasteiger partial charge in [-0.3, -0.25) is 28.8 Å². The lowest BCUT2D eigenvalue weighted by atomic mass is 9.84. The molecule has 1 rings (SSSR count). The Balaban J connectivity index is 3.34. The summed E-state index contributed by atoms with van der Waals surface area (Å²) in [5.41, 5.74) is -0.830. The summed E-state index contributed by atoms with van der Waals surface area (Å²) in [5.74, 6) is -6.08. The standard InChI is InChI=1S/C40H62N2O11S/c1-12-27(4)31(38(48)41-29(20-21-54(11,49)50)22-36(46)53-40(8,9)10)23-33(43)32(18-19-34(44)52-39(5,6)7)42-37(47)30(26(2)3)24-35(45)51-25-28-16-14-13-15-17-28/h13-17,20-21,26-27,29-32H,12,18-19,22-25H2,1-11H3,(H,41,48)(H,42,47)/b21-20+/t27?,29-,30+,31+,32+/m1/s1. The van der Waals surface area contributed by atoms with Gasteiger partial charge in [-0.15, -0.1) is 0 Å². The van der Waals surface area contributed by atoms with Crippen LogP contribution in [-0.2, 0) is 59.4 Å². The van der Waals surface area contributed by atoms with Crippen LogP contribution in [0.25, 0.3) is 0 Å². The maximum absolute atomic E-state index is 14.1. The Kier molecular flexibility index (Phi) is 19.3. The number of sulfone groups is 1. The first-order valence-electron chi connectivity index (χ1n) is 18.4. The maximum Gasteiger partial charge on any atom is 0.308 e. The van der Waals surface area contributed by atoms with Crippen LogP contribution < -0.4 is 10.6 Å². The minimum absolute atomic E-state index is 0.0326. The molecule has 0 saturated heterocycles.